The smallest absolute Gasteiger partial charge is 0.211 e. The van der Waals surface area contributed by atoms with Gasteiger partial charge in [0, 0.05) is 12.2 Å². The lowest BCUT2D eigenvalue weighted by molar-refractivity contribution is -2.00. The van der Waals surface area contributed by atoms with Crippen LogP contribution >= 0.6 is 0 Å². The summed E-state index contributed by atoms with van der Waals surface area (Å²) in [5.74, 6) is 0. The second-order valence-corrected chi connectivity index (χ2v) is 3.41. The lowest BCUT2D eigenvalue weighted by atomic mass is 10.2. The fourth-order valence-corrected chi connectivity index (χ4v) is 1.02. The van der Waals surface area contributed by atoms with Crippen molar-refractivity contribution in [3.8, 4) is 0 Å². The quantitative estimate of drug-likeness (QED) is 0.460. The average molecular weight is 246 g/mol. The molecule has 0 aromatic rings. The summed E-state index contributed by atoms with van der Waals surface area (Å²) in [6.07, 6.45) is 13.1. The molecule has 0 aromatic heterocycles. The van der Waals surface area contributed by atoms with Crippen molar-refractivity contribution < 1.29 is 38.6 Å². The first kappa shape index (κ1) is 12.6. The van der Waals surface area contributed by atoms with Gasteiger partial charge in [0.2, 0.25) is 5.70 Å². The monoisotopic (exact) mass is 245 g/mol. The molecule has 16 heavy (non-hydrogen) atoms. The van der Waals surface area contributed by atoms with Crippen molar-refractivity contribution in [1.29, 1.82) is 0 Å². The Hall–Kier alpha value is -1.44. The van der Waals surface area contributed by atoms with Crippen molar-refractivity contribution in [2.75, 3.05) is 0 Å². The molecule has 0 radical (unpaired) electrons. The number of nitrogens with one attached hydrogen (secondary N) is 1. The van der Waals surface area contributed by atoms with Crippen molar-refractivity contribution in [1.82, 2.24) is 0 Å². The van der Waals surface area contributed by atoms with Gasteiger partial charge in [-0.05, 0) is 12.2 Å². The zero-order valence-electron chi connectivity index (χ0n) is 7.96. The fourth-order valence-electron chi connectivity index (χ4n) is 1.02. The molecule has 2 aliphatic rings. The molecule has 0 fully saturated rings. The van der Waals surface area contributed by atoms with E-state index in [9.17, 15) is 0 Å². The Morgan fingerprint density at radius 3 is 2.00 bits per heavy atom. The van der Waals surface area contributed by atoms with Gasteiger partial charge in [-0.3, -0.25) is 0 Å². The van der Waals surface area contributed by atoms with Gasteiger partial charge in [-0.1, -0.05) is 0 Å². The molecule has 1 N–H and O–H groups in total. The minimum atomic E-state index is -4.94. The summed E-state index contributed by atoms with van der Waals surface area (Å²) in [6.45, 7) is 0. The standard InChI is InChI=1S/C9H7NO.ClHO4/c1-2-9(10-5-1)8-3-6-11-7-4-8;2-1(3,4)5/h1-7H;(H,2,3,4,5). The summed E-state index contributed by atoms with van der Waals surface area (Å²) in [5.41, 5.74) is 2.25. The predicted molar refractivity (Wildman–Crippen MR) is 42.6 cm³/mol. The summed E-state index contributed by atoms with van der Waals surface area (Å²) in [5, 5.41) is 0. The van der Waals surface area contributed by atoms with Crippen molar-refractivity contribution in [2.45, 2.75) is 0 Å². The first-order valence-electron chi connectivity index (χ1n) is 4.08. The van der Waals surface area contributed by atoms with E-state index in [4.69, 9.17) is 23.4 Å². The van der Waals surface area contributed by atoms with Crippen LogP contribution in [0, 0.1) is 10.2 Å². The van der Waals surface area contributed by atoms with Crippen LogP contribution in [-0.4, -0.2) is 6.21 Å². The van der Waals surface area contributed by atoms with Gasteiger partial charge in [0.05, 0.1) is 18.1 Å². The van der Waals surface area contributed by atoms with Crippen LogP contribution in [0.25, 0.3) is 0 Å². The summed E-state index contributed by atoms with van der Waals surface area (Å²) < 4.78 is 38.9. The van der Waals surface area contributed by atoms with Crippen LogP contribution < -0.4 is 23.6 Å². The van der Waals surface area contributed by atoms with E-state index >= 15 is 0 Å². The normalized spacial score (nSPS) is 17.2. The van der Waals surface area contributed by atoms with E-state index in [1.54, 1.807) is 12.5 Å². The lowest BCUT2D eigenvalue weighted by Gasteiger charge is -2.17. The molecule has 86 valence electrons. The lowest BCUT2D eigenvalue weighted by Crippen LogP contribution is -2.68. The molecule has 0 saturated heterocycles. The molecule has 2 aliphatic heterocycles. The summed E-state index contributed by atoms with van der Waals surface area (Å²) >= 11 is 0. The Bertz CT molecular complexity index is 355. The maximum atomic E-state index is 8.49. The molecule has 0 aliphatic carbocycles. The van der Waals surface area contributed by atoms with E-state index in [1.807, 2.05) is 30.5 Å². The SMILES string of the molecule is C1=CC(=C2C=COC=C2)[NH+]=C1.[O-][Cl+3]([O-])([O-])[O-]. The maximum Gasteiger partial charge on any atom is 0.211 e. The molecule has 0 amide bonds. The minimum Gasteiger partial charge on any atom is -0.473 e. The largest absolute Gasteiger partial charge is 0.473 e. The van der Waals surface area contributed by atoms with Crippen molar-refractivity contribution >= 4 is 6.21 Å². The minimum absolute atomic E-state index is 1.11. The summed E-state index contributed by atoms with van der Waals surface area (Å²) in [4.78, 5) is 3.11. The van der Waals surface area contributed by atoms with Crippen LogP contribution in [-0.2, 0) is 4.74 Å². The van der Waals surface area contributed by atoms with Gasteiger partial charge in [0.1, 0.15) is 0 Å². The maximum absolute atomic E-state index is 8.49. The molecule has 0 saturated carbocycles. The van der Waals surface area contributed by atoms with Gasteiger partial charge in [-0.25, -0.2) is 23.6 Å². The van der Waals surface area contributed by atoms with E-state index in [-0.39, 0.29) is 0 Å². The third-order valence-electron chi connectivity index (χ3n) is 1.56. The predicted octanol–water partition coefficient (Wildman–Crippen LogP) is -4.74. The van der Waals surface area contributed by atoms with Crippen molar-refractivity contribution in [2.24, 2.45) is 0 Å². The molecular weight excluding hydrogens is 238 g/mol. The highest BCUT2D eigenvalue weighted by Gasteiger charge is 2.07. The first-order chi connectivity index (χ1) is 7.47. The topological polar surface area (TPSA) is 115 Å². The highest BCUT2D eigenvalue weighted by molar-refractivity contribution is 5.69. The van der Waals surface area contributed by atoms with Crippen LogP contribution in [0.5, 0.6) is 0 Å². The van der Waals surface area contributed by atoms with E-state index in [0.29, 0.717) is 0 Å². The highest BCUT2D eigenvalue weighted by Crippen LogP contribution is 2.08. The van der Waals surface area contributed by atoms with E-state index in [2.05, 4.69) is 4.99 Å². The molecule has 2 rings (SSSR count). The second kappa shape index (κ2) is 5.59. The molecule has 7 heteroatoms. The Kier molecular flexibility index (Phi) is 4.41. The summed E-state index contributed by atoms with van der Waals surface area (Å²) in [6, 6.07) is 0. The van der Waals surface area contributed by atoms with Gasteiger partial charge >= 0.3 is 0 Å². The summed E-state index contributed by atoms with van der Waals surface area (Å²) in [7, 11) is -4.94. The third kappa shape index (κ3) is 5.44. The van der Waals surface area contributed by atoms with Crippen LogP contribution in [0.2, 0.25) is 0 Å². The first-order valence-corrected chi connectivity index (χ1v) is 5.31. The van der Waals surface area contributed by atoms with Crippen molar-refractivity contribution in [3.63, 3.8) is 0 Å². The van der Waals surface area contributed by atoms with Gasteiger partial charge < -0.3 is 4.74 Å². The molecule has 6 nitrogen and oxygen atoms in total. The molecule has 0 bridgehead atoms. The number of hydrogen-bond donors (Lipinski definition) is 1. The molecule has 0 atom stereocenters. The number of hydrogen-bond acceptors (Lipinski definition) is 5. The van der Waals surface area contributed by atoms with Crippen molar-refractivity contribution in [3.05, 3.63) is 48.1 Å². The van der Waals surface area contributed by atoms with Crippen LogP contribution in [0.4, 0.5) is 0 Å². The van der Waals surface area contributed by atoms with Gasteiger partial charge in [0.15, 0.2) is 6.21 Å². The van der Waals surface area contributed by atoms with E-state index in [1.165, 1.54) is 0 Å². The molecular formula is C9H8ClNO5. The Morgan fingerprint density at radius 1 is 1.00 bits per heavy atom. The van der Waals surface area contributed by atoms with Gasteiger partial charge in [0.25, 0.3) is 0 Å². The zero-order valence-corrected chi connectivity index (χ0v) is 8.72. The Balaban J connectivity index is 0.000000221. The average Bonchev–Trinajstić information content (AvgIpc) is 2.69. The Labute approximate surface area is 93.5 Å². The number of ether oxygens (including phenoxy) is 1. The zero-order chi connectivity index (χ0) is 12.0. The third-order valence-corrected chi connectivity index (χ3v) is 1.56. The second-order valence-electron chi connectivity index (χ2n) is 2.66. The highest BCUT2D eigenvalue weighted by atomic mass is 35.7. The number of rotatable bonds is 0. The molecule has 0 unspecified atom stereocenters. The van der Waals surface area contributed by atoms with Gasteiger partial charge in [-0.2, -0.15) is 0 Å². The van der Waals surface area contributed by atoms with E-state index < -0.39 is 10.2 Å². The number of allylic oxidation sites excluding steroid dienone is 5. The molecule has 2 heterocycles. The van der Waals surface area contributed by atoms with Crippen LogP contribution in [0.15, 0.2) is 48.1 Å². The molecule has 0 aromatic carbocycles. The van der Waals surface area contributed by atoms with Crippen LogP contribution in [0.1, 0.15) is 0 Å². The van der Waals surface area contributed by atoms with Gasteiger partial charge in [-0.15, -0.1) is 10.2 Å². The fraction of sp³-hybridized carbons (Fsp3) is 0. The van der Waals surface area contributed by atoms with E-state index in [0.717, 1.165) is 11.3 Å². The number of halogens is 1. The molecule has 0 spiro atoms. The Morgan fingerprint density at radius 2 is 1.56 bits per heavy atom. The van der Waals surface area contributed by atoms with Crippen LogP contribution in [0.3, 0.4) is 0 Å².